The average molecular weight is 470 g/mol. The molecule has 1 heterocycles. The van der Waals surface area contributed by atoms with Gasteiger partial charge in [0.05, 0.1) is 16.2 Å². The van der Waals surface area contributed by atoms with Crippen molar-refractivity contribution in [3.8, 4) is 11.3 Å². The summed E-state index contributed by atoms with van der Waals surface area (Å²) in [5.41, 5.74) is 2.94. The van der Waals surface area contributed by atoms with Crippen molar-refractivity contribution in [1.82, 2.24) is 9.97 Å². The predicted octanol–water partition coefficient (Wildman–Crippen LogP) is 4.14. The fourth-order valence-corrected chi connectivity index (χ4v) is 4.54. The summed E-state index contributed by atoms with van der Waals surface area (Å²) >= 11 is 0. The standard InChI is InChI=1S/C24H27N3O5S/c1-14(2)11-12-17-8-5-7-15(3)20(17)21-16(4)22(28)26-24(25-21)27-33(31,32)19-10-6-9-18(13-19)23(29)30/h5-10,13-14H,11-12H2,1-4H3,(H,29,30)(H2,25,26,27,28). The minimum atomic E-state index is -4.19. The van der Waals surface area contributed by atoms with Gasteiger partial charge in [0.1, 0.15) is 0 Å². The van der Waals surface area contributed by atoms with Crippen molar-refractivity contribution in [2.24, 2.45) is 5.92 Å². The van der Waals surface area contributed by atoms with Crippen LogP contribution in [0.15, 0.2) is 52.2 Å². The van der Waals surface area contributed by atoms with Crippen molar-refractivity contribution < 1.29 is 18.3 Å². The van der Waals surface area contributed by atoms with Gasteiger partial charge in [-0.2, -0.15) is 0 Å². The number of rotatable bonds is 8. The van der Waals surface area contributed by atoms with E-state index in [2.05, 4.69) is 28.5 Å². The first-order valence-corrected chi connectivity index (χ1v) is 12.0. The number of aromatic nitrogens is 2. The number of benzene rings is 2. The average Bonchev–Trinajstić information content (AvgIpc) is 2.75. The van der Waals surface area contributed by atoms with Crippen LogP contribution in [-0.4, -0.2) is 29.5 Å². The maximum atomic E-state index is 12.9. The highest BCUT2D eigenvalue weighted by Crippen LogP contribution is 2.30. The van der Waals surface area contributed by atoms with Gasteiger partial charge in [-0.3, -0.25) is 9.78 Å². The van der Waals surface area contributed by atoms with Crippen molar-refractivity contribution in [3.05, 3.63) is 75.1 Å². The second-order valence-corrected chi connectivity index (χ2v) is 10.1. The molecule has 2 aromatic carbocycles. The van der Waals surface area contributed by atoms with Crippen molar-refractivity contribution in [2.75, 3.05) is 4.72 Å². The first-order chi connectivity index (χ1) is 15.5. The first kappa shape index (κ1) is 24.2. The third-order valence-corrected chi connectivity index (χ3v) is 6.70. The van der Waals surface area contributed by atoms with Crippen LogP contribution in [-0.2, 0) is 16.4 Å². The highest BCUT2D eigenvalue weighted by molar-refractivity contribution is 7.92. The molecule has 3 rings (SSSR count). The normalized spacial score (nSPS) is 11.5. The summed E-state index contributed by atoms with van der Waals surface area (Å²) in [5, 5.41) is 9.15. The maximum absolute atomic E-state index is 12.9. The molecule has 0 saturated heterocycles. The summed E-state index contributed by atoms with van der Waals surface area (Å²) in [6.07, 6.45) is 1.75. The van der Waals surface area contributed by atoms with Gasteiger partial charge in [-0.15, -0.1) is 0 Å². The van der Waals surface area contributed by atoms with E-state index >= 15 is 0 Å². The molecule has 3 aromatic rings. The quantitative estimate of drug-likeness (QED) is 0.455. The van der Waals surface area contributed by atoms with E-state index in [0.717, 1.165) is 35.6 Å². The Morgan fingerprint density at radius 3 is 2.52 bits per heavy atom. The van der Waals surface area contributed by atoms with Crippen LogP contribution in [0.2, 0.25) is 0 Å². The van der Waals surface area contributed by atoms with Gasteiger partial charge in [-0.05, 0) is 61.9 Å². The zero-order chi connectivity index (χ0) is 24.3. The Hall–Kier alpha value is -3.46. The van der Waals surface area contributed by atoms with E-state index in [4.69, 9.17) is 5.11 Å². The molecular weight excluding hydrogens is 442 g/mol. The van der Waals surface area contributed by atoms with E-state index in [0.29, 0.717) is 17.2 Å². The zero-order valence-corrected chi connectivity index (χ0v) is 19.8. The molecule has 8 nitrogen and oxygen atoms in total. The number of aromatic amines is 1. The number of carbonyl (C=O) groups is 1. The van der Waals surface area contributed by atoms with E-state index in [1.165, 1.54) is 18.2 Å². The molecule has 9 heteroatoms. The van der Waals surface area contributed by atoms with E-state index < -0.39 is 21.6 Å². The Morgan fingerprint density at radius 2 is 1.85 bits per heavy atom. The number of nitrogens with zero attached hydrogens (tertiary/aromatic N) is 1. The van der Waals surface area contributed by atoms with Gasteiger partial charge in [0.15, 0.2) is 0 Å². The van der Waals surface area contributed by atoms with Crippen LogP contribution in [0.25, 0.3) is 11.3 Å². The zero-order valence-electron chi connectivity index (χ0n) is 19.0. The third-order valence-electron chi connectivity index (χ3n) is 5.36. The predicted molar refractivity (Wildman–Crippen MR) is 127 cm³/mol. The molecular formula is C24H27N3O5S. The lowest BCUT2D eigenvalue weighted by Crippen LogP contribution is -2.21. The molecule has 1 aromatic heterocycles. The largest absolute Gasteiger partial charge is 0.478 e. The van der Waals surface area contributed by atoms with Gasteiger partial charge >= 0.3 is 5.97 Å². The Bertz CT molecular complexity index is 1360. The Morgan fingerprint density at radius 1 is 1.15 bits per heavy atom. The van der Waals surface area contributed by atoms with Crippen molar-refractivity contribution >= 4 is 21.9 Å². The van der Waals surface area contributed by atoms with Gasteiger partial charge < -0.3 is 5.11 Å². The summed E-state index contributed by atoms with van der Waals surface area (Å²) in [6, 6.07) is 10.8. The highest BCUT2D eigenvalue weighted by atomic mass is 32.2. The summed E-state index contributed by atoms with van der Waals surface area (Å²) in [5.74, 6) is -0.986. The number of aryl methyl sites for hydroxylation is 2. The monoisotopic (exact) mass is 469 g/mol. The molecule has 0 radical (unpaired) electrons. The van der Waals surface area contributed by atoms with Crippen LogP contribution in [0, 0.1) is 19.8 Å². The van der Waals surface area contributed by atoms with Crippen molar-refractivity contribution in [3.63, 3.8) is 0 Å². The molecule has 0 aliphatic rings. The summed E-state index contributed by atoms with van der Waals surface area (Å²) < 4.78 is 28.0. The van der Waals surface area contributed by atoms with Gasteiger partial charge in [0, 0.05) is 11.1 Å². The highest BCUT2D eigenvalue weighted by Gasteiger charge is 2.20. The van der Waals surface area contributed by atoms with Crippen molar-refractivity contribution in [2.45, 2.75) is 45.4 Å². The molecule has 174 valence electrons. The number of hydrogen-bond donors (Lipinski definition) is 3. The molecule has 0 aliphatic carbocycles. The Kier molecular flexibility index (Phi) is 7.02. The Balaban J connectivity index is 2.08. The molecule has 0 atom stereocenters. The topological polar surface area (TPSA) is 129 Å². The van der Waals surface area contributed by atoms with Crippen LogP contribution >= 0.6 is 0 Å². The first-order valence-electron chi connectivity index (χ1n) is 10.6. The van der Waals surface area contributed by atoms with E-state index in [9.17, 15) is 18.0 Å². The van der Waals surface area contributed by atoms with E-state index in [1.807, 2.05) is 25.1 Å². The van der Waals surface area contributed by atoms with E-state index in [1.54, 1.807) is 6.92 Å². The van der Waals surface area contributed by atoms with Gasteiger partial charge in [-0.1, -0.05) is 38.1 Å². The van der Waals surface area contributed by atoms with Crippen LogP contribution in [0.3, 0.4) is 0 Å². The molecule has 0 amide bonds. The number of aromatic carboxylic acids is 1. The van der Waals surface area contributed by atoms with Crippen LogP contribution in [0.1, 0.15) is 47.3 Å². The third kappa shape index (κ3) is 5.48. The number of hydrogen-bond acceptors (Lipinski definition) is 5. The fraction of sp³-hybridized carbons (Fsp3) is 0.292. The van der Waals surface area contributed by atoms with Gasteiger partial charge in [0.2, 0.25) is 5.95 Å². The summed E-state index contributed by atoms with van der Waals surface area (Å²) in [7, 11) is -4.19. The lowest BCUT2D eigenvalue weighted by atomic mass is 9.92. The van der Waals surface area contributed by atoms with Crippen molar-refractivity contribution in [1.29, 1.82) is 0 Å². The smallest absolute Gasteiger partial charge is 0.335 e. The molecule has 0 aliphatic heterocycles. The van der Waals surface area contributed by atoms with Crippen LogP contribution < -0.4 is 10.3 Å². The number of carboxylic acid groups (broad SMARTS) is 1. The SMILES string of the molecule is Cc1cccc(CCC(C)C)c1-c1nc(NS(=O)(=O)c2cccc(C(=O)O)c2)[nH]c(=O)c1C. The van der Waals surface area contributed by atoms with Crippen LogP contribution in [0.5, 0.6) is 0 Å². The van der Waals surface area contributed by atoms with Crippen LogP contribution in [0.4, 0.5) is 5.95 Å². The lowest BCUT2D eigenvalue weighted by Gasteiger charge is -2.16. The van der Waals surface area contributed by atoms with E-state index in [-0.39, 0.29) is 16.4 Å². The van der Waals surface area contributed by atoms with Gasteiger partial charge in [0.25, 0.3) is 15.6 Å². The lowest BCUT2D eigenvalue weighted by molar-refractivity contribution is 0.0696. The molecule has 0 fully saturated rings. The molecule has 0 unspecified atom stereocenters. The summed E-state index contributed by atoms with van der Waals surface area (Å²) in [6.45, 7) is 7.85. The second-order valence-electron chi connectivity index (χ2n) is 8.37. The molecule has 0 spiro atoms. The number of nitrogens with one attached hydrogen (secondary N) is 2. The summed E-state index contributed by atoms with van der Waals surface area (Å²) in [4.78, 5) is 30.6. The molecule has 0 saturated carbocycles. The number of H-pyrrole nitrogens is 1. The number of anilines is 1. The molecule has 3 N–H and O–H groups in total. The number of sulfonamides is 1. The minimum Gasteiger partial charge on any atom is -0.478 e. The molecule has 33 heavy (non-hydrogen) atoms. The fourth-order valence-electron chi connectivity index (χ4n) is 3.53. The minimum absolute atomic E-state index is 0.168. The van der Waals surface area contributed by atoms with Gasteiger partial charge in [-0.25, -0.2) is 22.9 Å². The second kappa shape index (κ2) is 9.58. The number of carboxylic acids is 1. The Labute approximate surface area is 192 Å². The maximum Gasteiger partial charge on any atom is 0.335 e. The molecule has 0 bridgehead atoms.